The van der Waals surface area contributed by atoms with Gasteiger partial charge in [-0.3, -0.25) is 0 Å². The highest BCUT2D eigenvalue weighted by atomic mass is 32.2. The van der Waals surface area contributed by atoms with Crippen molar-refractivity contribution in [3.8, 4) is 0 Å². The minimum absolute atomic E-state index is 0.166. The van der Waals surface area contributed by atoms with Crippen LogP contribution in [0.4, 0.5) is 0 Å². The van der Waals surface area contributed by atoms with Gasteiger partial charge in [0.15, 0.2) is 0 Å². The number of ether oxygens (including phenoxy) is 1. The van der Waals surface area contributed by atoms with E-state index in [1.54, 1.807) is 11.8 Å². The van der Waals surface area contributed by atoms with E-state index in [1.165, 1.54) is 19.3 Å². The molecule has 1 atom stereocenters. The summed E-state index contributed by atoms with van der Waals surface area (Å²) in [5.41, 5.74) is -0.437. The van der Waals surface area contributed by atoms with E-state index in [1.807, 2.05) is 0 Å². The molecule has 2 nitrogen and oxygen atoms in total. The molecule has 2 rings (SSSR count). The van der Waals surface area contributed by atoms with Crippen LogP contribution in [-0.4, -0.2) is 28.5 Å². The van der Waals surface area contributed by atoms with Crippen LogP contribution in [0.1, 0.15) is 32.1 Å². The van der Waals surface area contributed by atoms with Gasteiger partial charge in [-0.05, 0) is 12.8 Å². The number of hydrogen-bond donors (Lipinski definition) is 1. The van der Waals surface area contributed by atoms with Gasteiger partial charge in [0.25, 0.3) is 0 Å². The zero-order valence-electron chi connectivity index (χ0n) is 7.29. The SMILES string of the molecule is OC1SCCOC12CCCCC2. The van der Waals surface area contributed by atoms with Crippen LogP contribution in [0.2, 0.25) is 0 Å². The minimum atomic E-state index is -0.272. The lowest BCUT2D eigenvalue weighted by Gasteiger charge is -2.43. The standard InChI is InChI=1S/C9H16O2S/c10-8-9(11-6-7-12-8)4-2-1-3-5-9/h8,10H,1-7H2. The maximum absolute atomic E-state index is 9.82. The third-order valence-corrected chi connectivity index (χ3v) is 4.05. The van der Waals surface area contributed by atoms with Crippen molar-refractivity contribution >= 4 is 11.8 Å². The van der Waals surface area contributed by atoms with Crippen LogP contribution in [0, 0.1) is 0 Å². The van der Waals surface area contributed by atoms with Crippen molar-refractivity contribution in [2.45, 2.75) is 43.1 Å². The van der Waals surface area contributed by atoms with Crippen LogP contribution in [0.25, 0.3) is 0 Å². The van der Waals surface area contributed by atoms with Gasteiger partial charge < -0.3 is 9.84 Å². The molecule has 1 saturated heterocycles. The molecule has 12 heavy (non-hydrogen) atoms. The van der Waals surface area contributed by atoms with Crippen LogP contribution < -0.4 is 0 Å². The van der Waals surface area contributed by atoms with Crippen molar-refractivity contribution in [1.29, 1.82) is 0 Å². The van der Waals surface area contributed by atoms with Gasteiger partial charge in [-0.15, -0.1) is 11.8 Å². The van der Waals surface area contributed by atoms with E-state index in [9.17, 15) is 5.11 Å². The molecular weight excluding hydrogens is 172 g/mol. The third-order valence-electron chi connectivity index (χ3n) is 2.90. The van der Waals surface area contributed by atoms with Gasteiger partial charge in [0, 0.05) is 5.75 Å². The van der Waals surface area contributed by atoms with E-state index in [0.29, 0.717) is 0 Å². The molecule has 2 fully saturated rings. The first-order valence-corrected chi connectivity index (χ1v) is 5.82. The monoisotopic (exact) mass is 188 g/mol. The first kappa shape index (κ1) is 8.85. The van der Waals surface area contributed by atoms with E-state index in [4.69, 9.17) is 4.74 Å². The van der Waals surface area contributed by atoms with Gasteiger partial charge in [-0.25, -0.2) is 0 Å². The summed E-state index contributed by atoms with van der Waals surface area (Å²) in [6.45, 7) is 0.821. The Morgan fingerprint density at radius 1 is 1.25 bits per heavy atom. The van der Waals surface area contributed by atoms with Crippen molar-refractivity contribution in [2.75, 3.05) is 12.4 Å². The van der Waals surface area contributed by atoms with Crippen molar-refractivity contribution in [2.24, 2.45) is 0 Å². The zero-order chi connectivity index (χ0) is 8.44. The predicted octanol–water partition coefficient (Wildman–Crippen LogP) is 1.77. The third kappa shape index (κ3) is 1.50. The molecule has 1 saturated carbocycles. The average Bonchev–Trinajstić information content (AvgIpc) is 2.12. The Hall–Kier alpha value is 0.270. The molecule has 0 amide bonds. The lowest BCUT2D eigenvalue weighted by atomic mass is 9.85. The first-order chi connectivity index (χ1) is 5.83. The highest BCUT2D eigenvalue weighted by Crippen LogP contribution is 2.40. The second kappa shape index (κ2) is 3.56. The quantitative estimate of drug-likeness (QED) is 0.628. The Morgan fingerprint density at radius 2 is 2.00 bits per heavy atom. The number of hydrogen-bond acceptors (Lipinski definition) is 3. The molecule has 0 bridgehead atoms. The Bertz CT molecular complexity index is 146. The fourth-order valence-electron chi connectivity index (χ4n) is 2.17. The van der Waals surface area contributed by atoms with E-state index >= 15 is 0 Å². The molecule has 0 radical (unpaired) electrons. The Kier molecular flexibility index (Phi) is 2.63. The number of aliphatic hydroxyl groups is 1. The number of aliphatic hydroxyl groups excluding tert-OH is 1. The summed E-state index contributed by atoms with van der Waals surface area (Å²) in [7, 11) is 0. The highest BCUT2D eigenvalue weighted by molar-refractivity contribution is 7.99. The van der Waals surface area contributed by atoms with Gasteiger partial charge >= 0.3 is 0 Å². The fraction of sp³-hybridized carbons (Fsp3) is 1.00. The van der Waals surface area contributed by atoms with Crippen LogP contribution in [-0.2, 0) is 4.74 Å². The Morgan fingerprint density at radius 3 is 2.67 bits per heavy atom. The summed E-state index contributed by atoms with van der Waals surface area (Å²) < 4.78 is 5.75. The molecule has 0 aromatic carbocycles. The zero-order valence-corrected chi connectivity index (χ0v) is 8.11. The molecule has 1 unspecified atom stereocenters. The summed E-state index contributed by atoms with van der Waals surface area (Å²) >= 11 is 1.65. The Balaban J connectivity index is 2.04. The second-order valence-corrected chi connectivity index (χ2v) is 4.89. The summed E-state index contributed by atoms with van der Waals surface area (Å²) in [5.74, 6) is 0.947. The van der Waals surface area contributed by atoms with E-state index in [2.05, 4.69) is 0 Å². The van der Waals surface area contributed by atoms with Crippen molar-refractivity contribution in [3.05, 3.63) is 0 Å². The highest BCUT2D eigenvalue weighted by Gasteiger charge is 2.42. The summed E-state index contributed by atoms with van der Waals surface area (Å²) in [5, 5.41) is 9.82. The lowest BCUT2D eigenvalue weighted by molar-refractivity contribution is -0.115. The summed E-state index contributed by atoms with van der Waals surface area (Å²) in [6, 6.07) is 0. The van der Waals surface area contributed by atoms with Crippen LogP contribution in [0.5, 0.6) is 0 Å². The fourth-order valence-corrected chi connectivity index (χ4v) is 3.18. The Labute approximate surface area is 77.7 Å². The minimum Gasteiger partial charge on any atom is -0.379 e. The maximum Gasteiger partial charge on any atom is 0.128 e. The average molecular weight is 188 g/mol. The molecular formula is C9H16O2S. The maximum atomic E-state index is 9.82. The number of rotatable bonds is 0. The van der Waals surface area contributed by atoms with Crippen molar-refractivity contribution < 1.29 is 9.84 Å². The van der Waals surface area contributed by atoms with Crippen molar-refractivity contribution in [1.82, 2.24) is 0 Å². The van der Waals surface area contributed by atoms with E-state index in [0.717, 1.165) is 25.2 Å². The second-order valence-electron chi connectivity index (χ2n) is 3.70. The molecule has 1 heterocycles. The molecule has 1 spiro atoms. The largest absolute Gasteiger partial charge is 0.379 e. The summed E-state index contributed by atoms with van der Waals surface area (Å²) in [6.07, 6.45) is 5.86. The molecule has 0 aromatic rings. The molecule has 70 valence electrons. The molecule has 1 aliphatic carbocycles. The molecule has 0 aromatic heterocycles. The van der Waals surface area contributed by atoms with E-state index < -0.39 is 0 Å². The van der Waals surface area contributed by atoms with Crippen molar-refractivity contribution in [3.63, 3.8) is 0 Å². The molecule has 1 N–H and O–H groups in total. The molecule has 1 aliphatic heterocycles. The van der Waals surface area contributed by atoms with Gasteiger partial charge in [-0.2, -0.15) is 0 Å². The topological polar surface area (TPSA) is 29.5 Å². The summed E-state index contributed by atoms with van der Waals surface area (Å²) in [4.78, 5) is 0. The van der Waals surface area contributed by atoms with Crippen LogP contribution in [0.3, 0.4) is 0 Å². The smallest absolute Gasteiger partial charge is 0.128 e. The van der Waals surface area contributed by atoms with E-state index in [-0.39, 0.29) is 11.0 Å². The number of thioether (sulfide) groups is 1. The van der Waals surface area contributed by atoms with Gasteiger partial charge in [0.1, 0.15) is 11.0 Å². The van der Waals surface area contributed by atoms with Gasteiger partial charge in [0.2, 0.25) is 0 Å². The van der Waals surface area contributed by atoms with Crippen LogP contribution in [0.15, 0.2) is 0 Å². The normalized spacial score (nSPS) is 35.2. The molecule has 2 aliphatic rings. The predicted molar refractivity (Wildman–Crippen MR) is 50.2 cm³/mol. The van der Waals surface area contributed by atoms with Gasteiger partial charge in [-0.1, -0.05) is 19.3 Å². The first-order valence-electron chi connectivity index (χ1n) is 4.77. The lowest BCUT2D eigenvalue weighted by Crippen LogP contribution is -2.48. The van der Waals surface area contributed by atoms with Crippen LogP contribution >= 0.6 is 11.8 Å². The van der Waals surface area contributed by atoms with Gasteiger partial charge in [0.05, 0.1) is 6.61 Å². The molecule has 3 heteroatoms.